The number of pyridine rings is 1. The number of aldehydes is 1. The van der Waals surface area contributed by atoms with Gasteiger partial charge in [0.2, 0.25) is 0 Å². The second kappa shape index (κ2) is 13.0. The van der Waals surface area contributed by atoms with Crippen LogP contribution < -0.4 is 14.2 Å². The SMILES string of the molecule is O=Cc1ccc(C(=O)O[C@@H](Cc2c(Cl)cncc2Cl)c2ccc(OC(F)F)c(OCC3CC3)c2)cc1OCC1CC1. The summed E-state index contributed by atoms with van der Waals surface area (Å²) in [5.41, 5.74) is 1.42. The zero-order valence-corrected chi connectivity index (χ0v) is 23.4. The van der Waals surface area contributed by atoms with Crippen LogP contribution in [0.3, 0.4) is 0 Å². The van der Waals surface area contributed by atoms with Gasteiger partial charge in [0, 0.05) is 18.8 Å². The summed E-state index contributed by atoms with van der Waals surface area (Å²) in [5.74, 6) is 0.371. The van der Waals surface area contributed by atoms with Crippen molar-refractivity contribution in [2.45, 2.75) is 44.8 Å². The number of aromatic nitrogens is 1. The van der Waals surface area contributed by atoms with Gasteiger partial charge < -0.3 is 18.9 Å². The van der Waals surface area contributed by atoms with E-state index in [0.29, 0.717) is 53.8 Å². The molecule has 5 rings (SSSR count). The molecule has 3 aromatic rings. The Hall–Kier alpha value is -3.43. The molecule has 1 atom stereocenters. The quantitative estimate of drug-likeness (QED) is 0.139. The maximum atomic E-state index is 13.4. The van der Waals surface area contributed by atoms with Crippen LogP contribution in [0.5, 0.6) is 17.2 Å². The van der Waals surface area contributed by atoms with Gasteiger partial charge in [0.25, 0.3) is 0 Å². The standard InChI is InChI=1S/C30H27Cl2F2NO6/c31-23-12-35-13-24(32)22(23)11-27(19-7-8-25(41-30(33)34)28(9-19)39-16-18-3-4-18)40-29(37)20-5-6-21(14-36)26(10-20)38-15-17-1-2-17/h5-10,12-14,17-18,27,30H,1-4,11,15-16H2/t27-/m0/s1. The van der Waals surface area contributed by atoms with Gasteiger partial charge in [0.05, 0.1) is 34.4 Å². The highest BCUT2D eigenvalue weighted by atomic mass is 35.5. The Bertz CT molecular complexity index is 1390. The molecular weight excluding hydrogens is 579 g/mol. The van der Waals surface area contributed by atoms with Gasteiger partial charge in [-0.1, -0.05) is 29.3 Å². The Balaban J connectivity index is 1.45. The first kappa shape index (κ1) is 29.1. The van der Waals surface area contributed by atoms with E-state index in [1.54, 1.807) is 0 Å². The molecule has 41 heavy (non-hydrogen) atoms. The molecule has 0 aliphatic heterocycles. The second-order valence-corrected chi connectivity index (χ2v) is 11.0. The van der Waals surface area contributed by atoms with Crippen LogP contribution in [0.1, 0.15) is 63.6 Å². The number of nitrogens with zero attached hydrogens (tertiary/aromatic N) is 1. The number of benzene rings is 2. The number of esters is 1. The topological polar surface area (TPSA) is 84.0 Å². The van der Waals surface area contributed by atoms with Crippen LogP contribution >= 0.6 is 23.2 Å². The first-order valence-corrected chi connectivity index (χ1v) is 14.0. The van der Waals surface area contributed by atoms with Crippen LogP contribution in [0.4, 0.5) is 8.78 Å². The Morgan fingerprint density at radius 1 is 0.927 bits per heavy atom. The summed E-state index contributed by atoms with van der Waals surface area (Å²) in [5, 5.41) is 0.542. The van der Waals surface area contributed by atoms with Crippen LogP contribution in [-0.2, 0) is 11.2 Å². The largest absolute Gasteiger partial charge is 0.493 e. The third-order valence-corrected chi connectivity index (χ3v) is 7.52. The molecule has 0 unspecified atom stereocenters. The van der Waals surface area contributed by atoms with E-state index in [9.17, 15) is 18.4 Å². The van der Waals surface area contributed by atoms with Gasteiger partial charge in [0.15, 0.2) is 17.8 Å². The number of carbonyl (C=O) groups excluding carboxylic acids is 2. The lowest BCUT2D eigenvalue weighted by Gasteiger charge is -2.22. The molecule has 216 valence electrons. The molecule has 0 spiro atoms. The fourth-order valence-electron chi connectivity index (χ4n) is 4.14. The first-order valence-electron chi connectivity index (χ1n) is 13.2. The summed E-state index contributed by atoms with van der Waals surface area (Å²) in [6, 6.07) is 8.83. The molecular formula is C30H27Cl2F2NO6. The summed E-state index contributed by atoms with van der Waals surface area (Å²) in [6.45, 7) is -2.24. The summed E-state index contributed by atoms with van der Waals surface area (Å²) in [6.07, 6.45) is 6.74. The van der Waals surface area contributed by atoms with Crippen molar-refractivity contribution in [1.29, 1.82) is 0 Å². The molecule has 2 aliphatic rings. The van der Waals surface area contributed by atoms with Crippen molar-refractivity contribution >= 4 is 35.5 Å². The minimum Gasteiger partial charge on any atom is -0.493 e. The summed E-state index contributed by atoms with van der Waals surface area (Å²) in [4.78, 5) is 28.9. The molecule has 1 aromatic heterocycles. The normalized spacial score (nSPS) is 15.3. The van der Waals surface area contributed by atoms with Crippen molar-refractivity contribution in [3.8, 4) is 17.2 Å². The molecule has 1 heterocycles. The number of hydrogen-bond acceptors (Lipinski definition) is 7. The highest BCUT2D eigenvalue weighted by Gasteiger charge is 2.27. The van der Waals surface area contributed by atoms with Gasteiger partial charge in [-0.25, -0.2) is 4.79 Å². The van der Waals surface area contributed by atoms with E-state index in [1.165, 1.54) is 48.8 Å². The molecule has 0 N–H and O–H groups in total. The van der Waals surface area contributed by atoms with Crippen molar-refractivity contribution in [3.05, 3.63) is 81.1 Å². The number of ether oxygens (including phenoxy) is 4. The molecule has 11 heteroatoms. The van der Waals surface area contributed by atoms with Gasteiger partial charge in [-0.15, -0.1) is 0 Å². The summed E-state index contributed by atoms with van der Waals surface area (Å²) in [7, 11) is 0. The monoisotopic (exact) mass is 605 g/mol. The third kappa shape index (κ3) is 7.86. The second-order valence-electron chi connectivity index (χ2n) is 10.1. The lowest BCUT2D eigenvalue weighted by molar-refractivity contribution is -0.0515. The summed E-state index contributed by atoms with van der Waals surface area (Å²) < 4.78 is 48.4. The van der Waals surface area contributed by atoms with Gasteiger partial charge in [-0.05, 0) is 79.0 Å². The van der Waals surface area contributed by atoms with Crippen molar-refractivity contribution in [2.24, 2.45) is 11.8 Å². The van der Waals surface area contributed by atoms with Gasteiger partial charge >= 0.3 is 12.6 Å². The van der Waals surface area contributed by atoms with Gasteiger partial charge in [-0.3, -0.25) is 9.78 Å². The molecule has 7 nitrogen and oxygen atoms in total. The van der Waals surface area contributed by atoms with Crippen molar-refractivity contribution in [3.63, 3.8) is 0 Å². The maximum absolute atomic E-state index is 13.4. The molecule has 2 aliphatic carbocycles. The fraction of sp³-hybridized carbons (Fsp3) is 0.367. The Morgan fingerprint density at radius 3 is 2.20 bits per heavy atom. The molecule has 2 saturated carbocycles. The third-order valence-electron chi connectivity index (χ3n) is 6.87. The molecule has 0 saturated heterocycles. The highest BCUT2D eigenvalue weighted by Crippen LogP contribution is 2.38. The van der Waals surface area contributed by atoms with Gasteiger partial charge in [-0.2, -0.15) is 8.78 Å². The van der Waals surface area contributed by atoms with E-state index in [-0.39, 0.29) is 33.5 Å². The van der Waals surface area contributed by atoms with Crippen LogP contribution in [-0.4, -0.2) is 37.1 Å². The first-order chi connectivity index (χ1) is 19.8. The molecule has 2 aromatic carbocycles. The molecule has 0 radical (unpaired) electrons. The fourth-order valence-corrected chi connectivity index (χ4v) is 4.66. The number of halogens is 4. The minimum atomic E-state index is -3.04. The van der Waals surface area contributed by atoms with E-state index in [1.807, 2.05) is 0 Å². The van der Waals surface area contributed by atoms with Crippen LogP contribution in [0.15, 0.2) is 48.8 Å². The molecule has 0 bridgehead atoms. The molecule has 0 amide bonds. The van der Waals surface area contributed by atoms with E-state index in [0.717, 1.165) is 25.7 Å². The average molecular weight is 606 g/mol. The zero-order valence-electron chi connectivity index (χ0n) is 21.9. The smallest absolute Gasteiger partial charge is 0.387 e. The maximum Gasteiger partial charge on any atom is 0.387 e. The highest BCUT2D eigenvalue weighted by molar-refractivity contribution is 6.35. The van der Waals surface area contributed by atoms with E-state index < -0.39 is 18.7 Å². The summed E-state index contributed by atoms with van der Waals surface area (Å²) >= 11 is 12.7. The predicted molar refractivity (Wildman–Crippen MR) is 147 cm³/mol. The van der Waals surface area contributed by atoms with Crippen LogP contribution in [0, 0.1) is 11.8 Å². The van der Waals surface area contributed by atoms with E-state index in [2.05, 4.69) is 9.72 Å². The van der Waals surface area contributed by atoms with Crippen molar-refractivity contribution in [1.82, 2.24) is 4.98 Å². The minimum absolute atomic E-state index is 0.0561. The predicted octanol–water partition coefficient (Wildman–Crippen LogP) is 7.52. The van der Waals surface area contributed by atoms with Crippen molar-refractivity contribution < 1.29 is 37.3 Å². The molecule has 2 fully saturated rings. The van der Waals surface area contributed by atoms with Crippen LogP contribution in [0.2, 0.25) is 10.0 Å². The number of carbonyl (C=O) groups is 2. The zero-order chi connectivity index (χ0) is 28.9. The number of alkyl halides is 2. The van der Waals surface area contributed by atoms with Crippen molar-refractivity contribution in [2.75, 3.05) is 13.2 Å². The lowest BCUT2D eigenvalue weighted by atomic mass is 10.0. The average Bonchev–Trinajstić information content (AvgIpc) is 3.88. The van der Waals surface area contributed by atoms with E-state index >= 15 is 0 Å². The lowest BCUT2D eigenvalue weighted by Crippen LogP contribution is -2.16. The van der Waals surface area contributed by atoms with Gasteiger partial charge in [0.1, 0.15) is 11.9 Å². The van der Waals surface area contributed by atoms with Crippen LogP contribution in [0.25, 0.3) is 0 Å². The Morgan fingerprint density at radius 2 is 1.59 bits per heavy atom. The number of rotatable bonds is 14. The number of hydrogen-bond donors (Lipinski definition) is 0. The van der Waals surface area contributed by atoms with E-state index in [4.69, 9.17) is 37.4 Å². The Kier molecular flexibility index (Phi) is 9.25. The Labute approximate surface area is 245 Å².